The minimum Gasteiger partial charge on any atom is -0.284 e. The fourth-order valence-electron chi connectivity index (χ4n) is 3.45. The van der Waals surface area contributed by atoms with E-state index in [1.165, 1.54) is 4.90 Å². The summed E-state index contributed by atoms with van der Waals surface area (Å²) < 4.78 is 0. The van der Waals surface area contributed by atoms with Gasteiger partial charge in [-0.15, -0.1) is 0 Å². The van der Waals surface area contributed by atoms with E-state index in [0.29, 0.717) is 5.69 Å². The Hall–Kier alpha value is -2.50. The number of nitrogens with zero attached hydrogens (tertiary/aromatic N) is 2. The summed E-state index contributed by atoms with van der Waals surface area (Å²) in [7, 11) is 1.77. The fraction of sp³-hybridized carbons (Fsp3) is 0.222. The zero-order valence-electron chi connectivity index (χ0n) is 12.6. The highest BCUT2D eigenvalue weighted by Crippen LogP contribution is 2.44. The second-order valence-electron chi connectivity index (χ2n) is 5.80. The van der Waals surface area contributed by atoms with E-state index in [9.17, 15) is 9.59 Å². The van der Waals surface area contributed by atoms with E-state index >= 15 is 0 Å². The molecule has 0 bridgehead atoms. The van der Waals surface area contributed by atoms with Crippen molar-refractivity contribution in [1.29, 1.82) is 0 Å². The number of amides is 2. The van der Waals surface area contributed by atoms with E-state index < -0.39 is 12.0 Å². The molecule has 2 aromatic rings. The molecule has 0 aliphatic carbocycles. The van der Waals surface area contributed by atoms with Gasteiger partial charge in [-0.05, 0) is 17.7 Å². The highest BCUT2D eigenvalue weighted by molar-refractivity contribution is 6.23. The van der Waals surface area contributed by atoms with Crippen LogP contribution in [-0.4, -0.2) is 30.0 Å². The van der Waals surface area contributed by atoms with E-state index in [4.69, 9.17) is 4.84 Å². The third kappa shape index (κ3) is 2.09. The molecule has 0 radical (unpaired) electrons. The van der Waals surface area contributed by atoms with Gasteiger partial charge in [0.2, 0.25) is 5.91 Å². The van der Waals surface area contributed by atoms with Crippen molar-refractivity contribution < 1.29 is 14.4 Å². The normalized spacial score (nSPS) is 27.5. The van der Waals surface area contributed by atoms with Crippen LogP contribution in [0.5, 0.6) is 0 Å². The zero-order chi connectivity index (χ0) is 16.0. The third-order valence-electron chi connectivity index (χ3n) is 4.46. The zero-order valence-corrected chi connectivity index (χ0v) is 12.6. The maximum Gasteiger partial charge on any atom is 0.265 e. The lowest BCUT2D eigenvalue weighted by Crippen LogP contribution is -2.36. The number of hydrogen-bond acceptors (Lipinski definition) is 4. The van der Waals surface area contributed by atoms with Gasteiger partial charge in [0.05, 0.1) is 17.6 Å². The summed E-state index contributed by atoms with van der Waals surface area (Å²) in [5.74, 6) is -1.02. The van der Waals surface area contributed by atoms with Crippen molar-refractivity contribution in [3.05, 3.63) is 66.2 Å². The molecule has 0 saturated carbocycles. The third-order valence-corrected chi connectivity index (χ3v) is 4.46. The van der Waals surface area contributed by atoms with Crippen LogP contribution in [-0.2, 0) is 14.4 Å². The van der Waals surface area contributed by atoms with Crippen LogP contribution in [0.25, 0.3) is 0 Å². The monoisotopic (exact) mass is 308 g/mol. The Labute approximate surface area is 134 Å². The van der Waals surface area contributed by atoms with Crippen LogP contribution in [0.2, 0.25) is 0 Å². The predicted octanol–water partition coefficient (Wildman–Crippen LogP) is 2.16. The molecule has 0 spiro atoms. The molecule has 0 aromatic heterocycles. The summed E-state index contributed by atoms with van der Waals surface area (Å²) in [6.45, 7) is 0. The van der Waals surface area contributed by atoms with Crippen LogP contribution in [0.4, 0.5) is 5.69 Å². The lowest BCUT2D eigenvalue weighted by Gasteiger charge is -2.24. The average Bonchev–Trinajstić information content (AvgIpc) is 3.04. The molecule has 2 amide bonds. The summed E-state index contributed by atoms with van der Waals surface area (Å²) in [4.78, 5) is 32.6. The van der Waals surface area contributed by atoms with Gasteiger partial charge in [0.25, 0.3) is 5.91 Å². The van der Waals surface area contributed by atoms with Gasteiger partial charge < -0.3 is 0 Å². The van der Waals surface area contributed by atoms with Crippen LogP contribution in [0, 0.1) is 5.92 Å². The Morgan fingerprint density at radius 1 is 0.870 bits per heavy atom. The first-order valence-corrected chi connectivity index (χ1v) is 7.56. The lowest BCUT2D eigenvalue weighted by atomic mass is 9.91. The van der Waals surface area contributed by atoms with Crippen molar-refractivity contribution in [3.8, 4) is 0 Å². The van der Waals surface area contributed by atoms with Crippen molar-refractivity contribution >= 4 is 17.5 Å². The van der Waals surface area contributed by atoms with Crippen molar-refractivity contribution in [2.24, 2.45) is 5.92 Å². The molecule has 23 heavy (non-hydrogen) atoms. The van der Waals surface area contributed by atoms with Crippen LogP contribution < -0.4 is 4.90 Å². The van der Waals surface area contributed by atoms with Crippen LogP contribution >= 0.6 is 0 Å². The number of imide groups is 1. The van der Waals surface area contributed by atoms with E-state index in [-0.39, 0.29) is 17.9 Å². The quantitative estimate of drug-likeness (QED) is 0.798. The Morgan fingerprint density at radius 3 is 2.13 bits per heavy atom. The summed E-state index contributed by atoms with van der Waals surface area (Å²) in [6.07, 6.45) is -0.752. The summed E-state index contributed by atoms with van der Waals surface area (Å²) in [6, 6.07) is 18.4. The maximum atomic E-state index is 12.9. The minimum atomic E-state index is -0.752. The molecule has 5 nitrogen and oxygen atoms in total. The highest BCUT2D eigenvalue weighted by Gasteiger charge is 2.59. The van der Waals surface area contributed by atoms with E-state index in [1.807, 2.05) is 48.5 Å². The molecule has 2 heterocycles. The van der Waals surface area contributed by atoms with Crippen molar-refractivity contribution in [1.82, 2.24) is 5.06 Å². The number of carbonyl (C=O) groups is 2. The molecule has 116 valence electrons. The Balaban J connectivity index is 1.73. The van der Waals surface area contributed by atoms with Gasteiger partial charge in [-0.25, -0.2) is 4.90 Å². The van der Waals surface area contributed by atoms with Gasteiger partial charge >= 0.3 is 0 Å². The molecule has 2 saturated heterocycles. The minimum absolute atomic E-state index is 0.204. The number of para-hydroxylation sites is 1. The standard InChI is InChI=1S/C18H16N2O3/c1-19-15(12-8-4-2-5-9-12)14-16(23-19)18(22)20(17(14)21)13-10-6-3-7-11-13/h2-11,14-16H,1H3/t14-,15-,16-/m1/s1. The number of fused-ring (bicyclic) bond motifs is 1. The van der Waals surface area contributed by atoms with E-state index in [2.05, 4.69) is 0 Å². The van der Waals surface area contributed by atoms with Gasteiger partial charge in [0.1, 0.15) is 0 Å². The SMILES string of the molecule is CN1O[C@H]2C(=O)N(c3ccccc3)C(=O)[C@@H]2[C@H]1c1ccccc1. The molecular weight excluding hydrogens is 292 g/mol. The molecule has 2 aliphatic heterocycles. The molecular formula is C18H16N2O3. The molecule has 0 N–H and O–H groups in total. The summed E-state index contributed by atoms with van der Waals surface area (Å²) in [5.41, 5.74) is 1.56. The Morgan fingerprint density at radius 2 is 1.48 bits per heavy atom. The smallest absolute Gasteiger partial charge is 0.265 e. The summed E-state index contributed by atoms with van der Waals surface area (Å²) >= 11 is 0. The summed E-state index contributed by atoms with van der Waals surface area (Å²) in [5, 5.41) is 1.63. The first-order chi connectivity index (χ1) is 11.2. The molecule has 5 heteroatoms. The Kier molecular flexibility index (Phi) is 3.25. The van der Waals surface area contributed by atoms with Crippen LogP contribution in [0.3, 0.4) is 0 Å². The maximum absolute atomic E-state index is 12.9. The average molecular weight is 308 g/mol. The lowest BCUT2D eigenvalue weighted by molar-refractivity contribution is -0.160. The second kappa shape index (κ2) is 5.30. The number of hydrogen-bond donors (Lipinski definition) is 0. The molecule has 2 aromatic carbocycles. The molecule has 2 fully saturated rings. The van der Waals surface area contributed by atoms with Gasteiger partial charge in [0.15, 0.2) is 6.10 Å². The number of benzene rings is 2. The van der Waals surface area contributed by atoms with Gasteiger partial charge in [-0.3, -0.25) is 14.4 Å². The van der Waals surface area contributed by atoms with Crippen LogP contribution in [0.15, 0.2) is 60.7 Å². The topological polar surface area (TPSA) is 49.9 Å². The van der Waals surface area contributed by atoms with Crippen molar-refractivity contribution in [2.45, 2.75) is 12.1 Å². The Bertz CT molecular complexity index is 747. The number of rotatable bonds is 2. The molecule has 4 rings (SSSR count). The van der Waals surface area contributed by atoms with Crippen molar-refractivity contribution in [3.63, 3.8) is 0 Å². The molecule has 3 atom stereocenters. The van der Waals surface area contributed by atoms with E-state index in [1.54, 1.807) is 24.2 Å². The number of hydroxylamine groups is 2. The first kappa shape index (κ1) is 14.1. The van der Waals surface area contributed by atoms with Gasteiger partial charge in [0, 0.05) is 7.05 Å². The first-order valence-electron chi connectivity index (χ1n) is 7.56. The number of carbonyl (C=O) groups excluding carboxylic acids is 2. The largest absolute Gasteiger partial charge is 0.284 e. The van der Waals surface area contributed by atoms with Crippen LogP contribution in [0.1, 0.15) is 11.6 Å². The number of anilines is 1. The molecule has 2 aliphatic rings. The van der Waals surface area contributed by atoms with E-state index in [0.717, 1.165) is 5.56 Å². The highest BCUT2D eigenvalue weighted by atomic mass is 16.7. The van der Waals surface area contributed by atoms with Gasteiger partial charge in [-0.2, -0.15) is 5.06 Å². The fourth-order valence-corrected chi connectivity index (χ4v) is 3.45. The molecule has 0 unspecified atom stereocenters. The van der Waals surface area contributed by atoms with Crippen molar-refractivity contribution in [2.75, 3.05) is 11.9 Å². The predicted molar refractivity (Wildman–Crippen MR) is 84.2 cm³/mol. The van der Waals surface area contributed by atoms with Gasteiger partial charge in [-0.1, -0.05) is 48.5 Å². The second-order valence-corrected chi connectivity index (χ2v) is 5.80.